The SMILES string of the molecule is CCCC[C@H](N)C(=O)NCC(=O)N1CCCC1. The topological polar surface area (TPSA) is 75.4 Å². The van der Waals surface area contributed by atoms with Crippen LogP contribution in [0.3, 0.4) is 0 Å². The Morgan fingerprint density at radius 1 is 1.35 bits per heavy atom. The molecule has 2 amide bonds. The molecular weight excluding hydrogens is 218 g/mol. The summed E-state index contributed by atoms with van der Waals surface area (Å²) in [6.07, 6.45) is 4.77. The average molecular weight is 241 g/mol. The summed E-state index contributed by atoms with van der Waals surface area (Å²) in [7, 11) is 0. The maximum absolute atomic E-state index is 11.7. The second-order valence-electron chi connectivity index (χ2n) is 4.55. The molecule has 5 nitrogen and oxygen atoms in total. The zero-order valence-electron chi connectivity index (χ0n) is 10.6. The molecule has 0 bridgehead atoms. The van der Waals surface area contributed by atoms with Gasteiger partial charge in [-0.05, 0) is 19.3 Å². The highest BCUT2D eigenvalue weighted by molar-refractivity contribution is 5.87. The quantitative estimate of drug-likeness (QED) is 0.699. The van der Waals surface area contributed by atoms with E-state index in [4.69, 9.17) is 5.73 Å². The predicted molar refractivity (Wildman–Crippen MR) is 66.3 cm³/mol. The Morgan fingerprint density at radius 3 is 2.59 bits per heavy atom. The van der Waals surface area contributed by atoms with Gasteiger partial charge in [-0.2, -0.15) is 0 Å². The van der Waals surface area contributed by atoms with Crippen molar-refractivity contribution < 1.29 is 9.59 Å². The molecule has 1 aliphatic heterocycles. The molecular formula is C12H23N3O2. The van der Waals surface area contributed by atoms with Gasteiger partial charge in [0.1, 0.15) is 0 Å². The van der Waals surface area contributed by atoms with Crippen LogP contribution in [0.4, 0.5) is 0 Å². The molecule has 0 saturated carbocycles. The van der Waals surface area contributed by atoms with Crippen LogP contribution in [-0.2, 0) is 9.59 Å². The van der Waals surface area contributed by atoms with Crippen molar-refractivity contribution in [3.05, 3.63) is 0 Å². The monoisotopic (exact) mass is 241 g/mol. The average Bonchev–Trinajstić information content (AvgIpc) is 2.86. The molecule has 98 valence electrons. The van der Waals surface area contributed by atoms with E-state index < -0.39 is 6.04 Å². The number of amides is 2. The number of nitrogens with zero attached hydrogens (tertiary/aromatic N) is 1. The molecule has 1 rings (SSSR count). The minimum atomic E-state index is -0.485. The van der Waals surface area contributed by atoms with E-state index in [1.54, 1.807) is 4.90 Å². The van der Waals surface area contributed by atoms with Gasteiger partial charge in [0.05, 0.1) is 12.6 Å². The standard InChI is InChI=1S/C12H23N3O2/c1-2-3-6-10(13)12(17)14-9-11(16)15-7-4-5-8-15/h10H,2-9,13H2,1H3,(H,14,17)/t10-/m0/s1. The molecule has 17 heavy (non-hydrogen) atoms. The van der Waals surface area contributed by atoms with Crippen LogP contribution in [0.1, 0.15) is 39.0 Å². The van der Waals surface area contributed by atoms with Gasteiger partial charge in [-0.15, -0.1) is 0 Å². The Labute approximate surface area is 103 Å². The van der Waals surface area contributed by atoms with Gasteiger partial charge in [0.25, 0.3) is 0 Å². The van der Waals surface area contributed by atoms with Crippen molar-refractivity contribution in [1.29, 1.82) is 0 Å². The third-order valence-corrected chi connectivity index (χ3v) is 3.08. The molecule has 0 unspecified atom stereocenters. The fourth-order valence-electron chi connectivity index (χ4n) is 1.93. The molecule has 0 aliphatic carbocycles. The number of nitrogens with two attached hydrogens (primary N) is 1. The molecule has 0 aromatic carbocycles. The van der Waals surface area contributed by atoms with Crippen LogP contribution in [0.5, 0.6) is 0 Å². The lowest BCUT2D eigenvalue weighted by Crippen LogP contribution is -2.45. The Hall–Kier alpha value is -1.10. The number of unbranched alkanes of at least 4 members (excludes halogenated alkanes) is 1. The molecule has 0 aromatic rings. The summed E-state index contributed by atoms with van der Waals surface area (Å²) in [6, 6.07) is -0.485. The van der Waals surface area contributed by atoms with Gasteiger partial charge in [-0.25, -0.2) is 0 Å². The van der Waals surface area contributed by atoms with Crippen LogP contribution < -0.4 is 11.1 Å². The molecule has 1 saturated heterocycles. The Kier molecular flexibility index (Phi) is 5.97. The van der Waals surface area contributed by atoms with Crippen LogP contribution in [0.25, 0.3) is 0 Å². The van der Waals surface area contributed by atoms with E-state index in [9.17, 15) is 9.59 Å². The third-order valence-electron chi connectivity index (χ3n) is 3.08. The number of nitrogens with one attached hydrogen (secondary N) is 1. The number of likely N-dealkylation sites (tertiary alicyclic amines) is 1. The van der Waals surface area contributed by atoms with Crippen molar-refractivity contribution in [3.63, 3.8) is 0 Å². The summed E-state index contributed by atoms with van der Waals surface area (Å²) in [4.78, 5) is 25.0. The highest BCUT2D eigenvalue weighted by Crippen LogP contribution is 2.06. The summed E-state index contributed by atoms with van der Waals surface area (Å²) >= 11 is 0. The normalized spacial score (nSPS) is 16.9. The molecule has 1 aliphatic rings. The van der Waals surface area contributed by atoms with E-state index in [1.165, 1.54) is 0 Å². The first-order valence-electron chi connectivity index (χ1n) is 6.46. The predicted octanol–water partition coefficient (Wildman–Crippen LogP) is 0.243. The van der Waals surface area contributed by atoms with Crippen LogP contribution in [0, 0.1) is 0 Å². The molecule has 1 heterocycles. The fraction of sp³-hybridized carbons (Fsp3) is 0.833. The van der Waals surface area contributed by atoms with Crippen LogP contribution in [0.2, 0.25) is 0 Å². The van der Waals surface area contributed by atoms with Crippen molar-refractivity contribution in [1.82, 2.24) is 10.2 Å². The molecule has 1 atom stereocenters. The molecule has 0 spiro atoms. The molecule has 3 N–H and O–H groups in total. The van der Waals surface area contributed by atoms with Crippen LogP contribution in [-0.4, -0.2) is 42.4 Å². The van der Waals surface area contributed by atoms with Gasteiger partial charge in [0.15, 0.2) is 0 Å². The molecule has 0 aromatic heterocycles. The number of hydrogen-bond acceptors (Lipinski definition) is 3. The largest absolute Gasteiger partial charge is 0.346 e. The third kappa shape index (κ3) is 4.73. The van der Waals surface area contributed by atoms with Crippen LogP contribution >= 0.6 is 0 Å². The van der Waals surface area contributed by atoms with Gasteiger partial charge in [0.2, 0.25) is 11.8 Å². The molecule has 1 fully saturated rings. The number of carbonyl (C=O) groups is 2. The second-order valence-corrected chi connectivity index (χ2v) is 4.55. The van der Waals surface area contributed by atoms with E-state index >= 15 is 0 Å². The lowest BCUT2D eigenvalue weighted by atomic mass is 10.1. The first-order valence-corrected chi connectivity index (χ1v) is 6.46. The summed E-state index contributed by atoms with van der Waals surface area (Å²) in [6.45, 7) is 3.77. The maximum Gasteiger partial charge on any atom is 0.241 e. The number of carbonyl (C=O) groups excluding carboxylic acids is 2. The Bertz CT molecular complexity index is 262. The summed E-state index contributed by atoms with van der Waals surface area (Å²) < 4.78 is 0. The summed E-state index contributed by atoms with van der Waals surface area (Å²) in [5, 5.41) is 2.61. The van der Waals surface area contributed by atoms with Gasteiger partial charge in [-0.3, -0.25) is 9.59 Å². The van der Waals surface area contributed by atoms with E-state index in [0.717, 1.165) is 38.8 Å². The summed E-state index contributed by atoms with van der Waals surface area (Å²) in [5.41, 5.74) is 5.71. The number of hydrogen-bond donors (Lipinski definition) is 2. The van der Waals surface area contributed by atoms with E-state index in [-0.39, 0.29) is 18.4 Å². The minimum Gasteiger partial charge on any atom is -0.346 e. The van der Waals surface area contributed by atoms with Crippen molar-refractivity contribution in [2.45, 2.75) is 45.1 Å². The highest BCUT2D eigenvalue weighted by atomic mass is 16.2. The maximum atomic E-state index is 11.7. The van der Waals surface area contributed by atoms with Crippen molar-refractivity contribution in [2.75, 3.05) is 19.6 Å². The fourth-order valence-corrected chi connectivity index (χ4v) is 1.93. The lowest BCUT2D eigenvalue weighted by molar-refractivity contribution is -0.132. The zero-order valence-corrected chi connectivity index (χ0v) is 10.6. The van der Waals surface area contributed by atoms with E-state index in [2.05, 4.69) is 12.2 Å². The first-order chi connectivity index (χ1) is 8.15. The second kappa shape index (κ2) is 7.27. The Morgan fingerprint density at radius 2 is 2.00 bits per heavy atom. The highest BCUT2D eigenvalue weighted by Gasteiger charge is 2.19. The molecule has 5 heteroatoms. The summed E-state index contributed by atoms with van der Waals surface area (Å²) in [5.74, 6) is -0.218. The van der Waals surface area contributed by atoms with E-state index in [1.807, 2.05) is 0 Å². The lowest BCUT2D eigenvalue weighted by Gasteiger charge is -2.16. The first kappa shape index (κ1) is 14.0. The van der Waals surface area contributed by atoms with Crippen molar-refractivity contribution >= 4 is 11.8 Å². The van der Waals surface area contributed by atoms with Gasteiger partial charge < -0.3 is 16.0 Å². The van der Waals surface area contributed by atoms with Crippen molar-refractivity contribution in [2.24, 2.45) is 5.73 Å². The minimum absolute atomic E-state index is 0.00135. The molecule has 0 radical (unpaired) electrons. The van der Waals surface area contributed by atoms with Gasteiger partial charge in [-0.1, -0.05) is 19.8 Å². The zero-order chi connectivity index (χ0) is 12.7. The smallest absolute Gasteiger partial charge is 0.241 e. The number of rotatable bonds is 6. The van der Waals surface area contributed by atoms with E-state index in [0.29, 0.717) is 6.42 Å². The van der Waals surface area contributed by atoms with Crippen molar-refractivity contribution in [3.8, 4) is 0 Å². The van der Waals surface area contributed by atoms with Gasteiger partial charge >= 0.3 is 0 Å². The Balaban J connectivity index is 2.20. The van der Waals surface area contributed by atoms with Gasteiger partial charge in [0, 0.05) is 13.1 Å². The van der Waals surface area contributed by atoms with Crippen LogP contribution in [0.15, 0.2) is 0 Å².